The number of rotatable bonds is 6. The van der Waals surface area contributed by atoms with Crippen molar-refractivity contribution in [2.45, 2.75) is 52.7 Å². The molecule has 7 nitrogen and oxygen atoms in total. The molecule has 0 saturated carbocycles. The van der Waals surface area contributed by atoms with Crippen LogP contribution in [-0.4, -0.2) is 34.8 Å². The Kier molecular flexibility index (Phi) is 7.09. The lowest BCUT2D eigenvalue weighted by molar-refractivity contribution is -0.124. The zero-order chi connectivity index (χ0) is 20.7. The van der Waals surface area contributed by atoms with Crippen LogP contribution in [0.25, 0.3) is 10.9 Å². The van der Waals surface area contributed by atoms with E-state index in [1.807, 2.05) is 44.2 Å². The Morgan fingerprint density at radius 3 is 2.71 bits per heavy atom. The van der Waals surface area contributed by atoms with Gasteiger partial charge in [0.1, 0.15) is 11.6 Å². The van der Waals surface area contributed by atoms with E-state index in [0.29, 0.717) is 0 Å². The summed E-state index contributed by atoms with van der Waals surface area (Å²) in [6.45, 7) is 9.16. The van der Waals surface area contributed by atoms with Crippen LogP contribution < -0.4 is 10.7 Å². The van der Waals surface area contributed by atoms with Crippen molar-refractivity contribution < 1.29 is 14.3 Å². The van der Waals surface area contributed by atoms with Gasteiger partial charge in [-0.25, -0.2) is 10.2 Å². The average Bonchev–Trinajstić information content (AvgIpc) is 2.64. The lowest BCUT2D eigenvalue weighted by Gasteiger charge is -2.25. The lowest BCUT2D eigenvalue weighted by atomic mass is 9.99. The van der Waals surface area contributed by atoms with Gasteiger partial charge >= 0.3 is 6.09 Å². The number of amides is 2. The van der Waals surface area contributed by atoms with Crippen molar-refractivity contribution in [2.75, 3.05) is 0 Å². The van der Waals surface area contributed by atoms with Gasteiger partial charge in [-0.15, -0.1) is 0 Å². The number of alkyl carbamates (subject to hydrolysis) is 1. The van der Waals surface area contributed by atoms with E-state index < -0.39 is 17.7 Å². The van der Waals surface area contributed by atoms with E-state index in [1.165, 1.54) is 0 Å². The van der Waals surface area contributed by atoms with Gasteiger partial charge in [0.15, 0.2) is 0 Å². The fourth-order valence-corrected chi connectivity index (χ4v) is 2.55. The highest BCUT2D eigenvalue weighted by atomic mass is 16.6. The van der Waals surface area contributed by atoms with Gasteiger partial charge in [0.25, 0.3) is 5.91 Å². The lowest BCUT2D eigenvalue weighted by Crippen LogP contribution is -2.50. The third kappa shape index (κ3) is 6.33. The van der Waals surface area contributed by atoms with Gasteiger partial charge in [-0.2, -0.15) is 5.10 Å². The largest absolute Gasteiger partial charge is 0.444 e. The maximum absolute atomic E-state index is 12.5. The molecule has 2 atom stereocenters. The summed E-state index contributed by atoms with van der Waals surface area (Å²) in [5, 5.41) is 7.66. The van der Waals surface area contributed by atoms with Gasteiger partial charge < -0.3 is 10.1 Å². The molecular weight excluding hydrogens is 356 g/mol. The average molecular weight is 384 g/mol. The van der Waals surface area contributed by atoms with Crippen LogP contribution >= 0.6 is 0 Å². The molecule has 0 aliphatic heterocycles. The van der Waals surface area contributed by atoms with Crippen LogP contribution in [0.15, 0.2) is 41.6 Å². The summed E-state index contributed by atoms with van der Waals surface area (Å²) >= 11 is 0. The molecule has 2 rings (SSSR count). The molecule has 28 heavy (non-hydrogen) atoms. The second kappa shape index (κ2) is 9.30. The van der Waals surface area contributed by atoms with E-state index in [1.54, 1.807) is 33.2 Å². The van der Waals surface area contributed by atoms with Crippen molar-refractivity contribution in [1.82, 2.24) is 15.7 Å². The summed E-state index contributed by atoms with van der Waals surface area (Å²) in [7, 11) is 0. The minimum absolute atomic E-state index is 0.0746. The Labute approximate surface area is 165 Å². The van der Waals surface area contributed by atoms with E-state index in [2.05, 4.69) is 20.8 Å². The highest BCUT2D eigenvalue weighted by Crippen LogP contribution is 2.13. The Balaban J connectivity index is 2.03. The zero-order valence-electron chi connectivity index (χ0n) is 17.0. The minimum atomic E-state index is -0.738. The molecule has 0 bridgehead atoms. The van der Waals surface area contributed by atoms with Crippen LogP contribution in [0.5, 0.6) is 0 Å². The van der Waals surface area contributed by atoms with Crippen LogP contribution in [0.4, 0.5) is 4.79 Å². The fraction of sp³-hybridized carbons (Fsp3) is 0.429. The van der Waals surface area contributed by atoms with Crippen molar-refractivity contribution in [3.8, 4) is 0 Å². The minimum Gasteiger partial charge on any atom is -0.444 e. The zero-order valence-corrected chi connectivity index (χ0v) is 17.0. The van der Waals surface area contributed by atoms with Gasteiger partial charge in [0, 0.05) is 11.6 Å². The third-order valence-corrected chi connectivity index (χ3v) is 4.18. The highest BCUT2D eigenvalue weighted by molar-refractivity contribution is 5.90. The molecule has 0 unspecified atom stereocenters. The number of carbonyl (C=O) groups excluding carboxylic acids is 2. The van der Waals surface area contributed by atoms with Crippen molar-refractivity contribution in [3.63, 3.8) is 0 Å². The Morgan fingerprint density at radius 1 is 1.29 bits per heavy atom. The highest BCUT2D eigenvalue weighted by Gasteiger charge is 2.28. The monoisotopic (exact) mass is 384 g/mol. The number of carbonyl (C=O) groups is 2. The summed E-state index contributed by atoms with van der Waals surface area (Å²) in [4.78, 5) is 28.9. The molecule has 2 N–H and O–H groups in total. The third-order valence-electron chi connectivity index (χ3n) is 4.18. The number of hydrogen-bond acceptors (Lipinski definition) is 5. The van der Waals surface area contributed by atoms with Crippen molar-refractivity contribution in [3.05, 3.63) is 42.1 Å². The molecule has 0 spiro atoms. The first-order chi connectivity index (χ1) is 13.2. The molecular formula is C21H28N4O3. The second-order valence-corrected chi connectivity index (χ2v) is 7.70. The quantitative estimate of drug-likeness (QED) is 0.588. The van der Waals surface area contributed by atoms with E-state index in [0.717, 1.165) is 22.9 Å². The van der Waals surface area contributed by atoms with Crippen LogP contribution in [0.2, 0.25) is 0 Å². The number of pyridine rings is 1. The molecule has 7 heteroatoms. The van der Waals surface area contributed by atoms with E-state index in [9.17, 15) is 9.59 Å². The molecule has 1 aromatic heterocycles. The molecule has 150 valence electrons. The summed E-state index contributed by atoms with van der Waals surface area (Å²) < 4.78 is 5.25. The summed E-state index contributed by atoms with van der Waals surface area (Å²) in [5.41, 5.74) is 3.60. The van der Waals surface area contributed by atoms with Crippen molar-refractivity contribution in [2.24, 2.45) is 11.0 Å². The normalized spacial score (nSPS) is 13.9. The number of nitrogens with one attached hydrogen (secondary N) is 2. The number of nitrogens with zero attached hydrogens (tertiary/aromatic N) is 2. The molecule has 1 aromatic carbocycles. The van der Waals surface area contributed by atoms with Gasteiger partial charge in [-0.05, 0) is 50.5 Å². The molecule has 2 aromatic rings. The van der Waals surface area contributed by atoms with Crippen LogP contribution in [0.3, 0.4) is 0 Å². The first kappa shape index (κ1) is 21.3. The topological polar surface area (TPSA) is 92.7 Å². The number of fused-ring (bicyclic) bond motifs is 1. The summed E-state index contributed by atoms with van der Waals surface area (Å²) in [6.07, 6.45) is 3.39. The van der Waals surface area contributed by atoms with Gasteiger partial charge in [-0.3, -0.25) is 9.78 Å². The molecule has 1 heterocycles. The summed E-state index contributed by atoms with van der Waals surface area (Å²) in [5.74, 6) is -0.464. The van der Waals surface area contributed by atoms with E-state index in [4.69, 9.17) is 4.74 Å². The number of aromatic nitrogens is 1. The van der Waals surface area contributed by atoms with Gasteiger partial charge in [0.2, 0.25) is 0 Å². The molecule has 2 amide bonds. The smallest absolute Gasteiger partial charge is 0.408 e. The van der Waals surface area contributed by atoms with Crippen LogP contribution in [0, 0.1) is 5.92 Å². The molecule has 0 aliphatic rings. The maximum atomic E-state index is 12.5. The molecule has 0 aliphatic carbocycles. The van der Waals surface area contributed by atoms with Crippen LogP contribution in [-0.2, 0) is 9.53 Å². The SMILES string of the molecule is CC[C@H](C)[C@@H](NC(=O)OC(C)(C)C)C(=O)N/N=C\c1ccc2ncccc2c1. The maximum Gasteiger partial charge on any atom is 0.408 e. The standard InChI is InChI=1S/C21H28N4O3/c1-6-14(2)18(24-20(27)28-21(3,4)5)19(26)25-23-13-15-9-10-17-16(12-15)8-7-11-22-17/h7-14,18H,6H2,1-5H3,(H,24,27)(H,25,26)/b23-13-/t14-,18+/m0/s1. The van der Waals surface area contributed by atoms with Gasteiger partial charge in [0.05, 0.1) is 11.7 Å². The fourth-order valence-electron chi connectivity index (χ4n) is 2.55. The van der Waals surface area contributed by atoms with Crippen molar-refractivity contribution >= 4 is 29.1 Å². The predicted molar refractivity (Wildman–Crippen MR) is 110 cm³/mol. The van der Waals surface area contributed by atoms with Gasteiger partial charge in [-0.1, -0.05) is 32.4 Å². The Morgan fingerprint density at radius 2 is 2.04 bits per heavy atom. The molecule has 0 fully saturated rings. The number of hydrogen-bond donors (Lipinski definition) is 2. The van der Waals surface area contributed by atoms with E-state index in [-0.39, 0.29) is 11.8 Å². The predicted octanol–water partition coefficient (Wildman–Crippen LogP) is 3.62. The van der Waals surface area contributed by atoms with Crippen LogP contribution in [0.1, 0.15) is 46.6 Å². The first-order valence-corrected chi connectivity index (χ1v) is 9.37. The Bertz CT molecular complexity index is 858. The number of benzene rings is 1. The second-order valence-electron chi connectivity index (χ2n) is 7.70. The van der Waals surface area contributed by atoms with Crippen molar-refractivity contribution in [1.29, 1.82) is 0 Å². The first-order valence-electron chi connectivity index (χ1n) is 9.37. The van der Waals surface area contributed by atoms with E-state index >= 15 is 0 Å². The number of ether oxygens (including phenoxy) is 1. The summed E-state index contributed by atoms with van der Waals surface area (Å²) in [6, 6.07) is 8.79. The molecule has 0 saturated heterocycles. The molecule has 0 radical (unpaired) electrons. The number of hydrazone groups is 1. The Hall–Kier alpha value is -2.96.